The maximum atomic E-state index is 6.51. The summed E-state index contributed by atoms with van der Waals surface area (Å²) in [4.78, 5) is 3.69. The average Bonchev–Trinajstić information content (AvgIpc) is 3.96. The quantitative estimate of drug-likeness (QED) is 0.198. The van der Waals surface area contributed by atoms with Crippen molar-refractivity contribution in [1.82, 2.24) is 9.55 Å². The molecule has 1 N–H and O–H groups in total. The molecule has 0 aliphatic carbocycles. The van der Waals surface area contributed by atoms with Crippen LogP contribution in [0.5, 0.6) is 0 Å². The summed E-state index contributed by atoms with van der Waals surface area (Å²) in [6.07, 6.45) is 0. The van der Waals surface area contributed by atoms with Gasteiger partial charge in [-0.25, -0.2) is 0 Å². The van der Waals surface area contributed by atoms with Gasteiger partial charge in [0.2, 0.25) is 0 Å². The Morgan fingerprint density at radius 2 is 1.17 bits per heavy atom. The van der Waals surface area contributed by atoms with E-state index < -0.39 is 0 Å². The number of aromatic nitrogens is 2. The first kappa shape index (κ1) is 28.1. The van der Waals surface area contributed by atoms with Crippen LogP contribution in [-0.4, -0.2) is 9.55 Å². The Morgan fingerprint density at radius 3 is 2.10 bits per heavy atom. The number of hydrogen-bond acceptors (Lipinski definition) is 2. The largest absolute Gasteiger partial charge is 0.456 e. The number of nitrogens with zero attached hydrogens (tertiary/aromatic N) is 1. The minimum absolute atomic E-state index is 0.896. The molecule has 4 heterocycles. The third kappa shape index (κ3) is 3.90. The highest BCUT2D eigenvalue weighted by Gasteiger charge is 2.18. The Labute approximate surface area is 301 Å². The normalized spacial score (nSPS) is 12.2. The number of benzene rings is 8. The number of fused-ring (bicyclic) bond motifs is 13. The van der Waals surface area contributed by atoms with Crippen LogP contribution in [0.2, 0.25) is 0 Å². The molecule has 0 saturated carbocycles. The number of hydrogen-bond donors (Lipinski definition) is 1. The molecule has 242 valence electrons. The maximum absolute atomic E-state index is 6.51. The Kier molecular flexibility index (Phi) is 5.65. The number of H-pyrrole nitrogens is 1. The monoisotopic (exact) mass is 680 g/mol. The highest BCUT2D eigenvalue weighted by Crippen LogP contribution is 2.44. The molecule has 4 aromatic heterocycles. The zero-order chi connectivity index (χ0) is 33.9. The summed E-state index contributed by atoms with van der Waals surface area (Å²) in [5, 5.41) is 9.95. The van der Waals surface area contributed by atoms with Gasteiger partial charge in [-0.1, -0.05) is 91.0 Å². The zero-order valence-electron chi connectivity index (χ0n) is 27.9. The molecule has 0 radical (unpaired) electrons. The van der Waals surface area contributed by atoms with Crippen LogP contribution < -0.4 is 0 Å². The predicted octanol–water partition coefficient (Wildman–Crippen LogP) is 14.0. The lowest BCUT2D eigenvalue weighted by molar-refractivity contribution is 0.669. The van der Waals surface area contributed by atoms with E-state index in [9.17, 15) is 0 Å². The molecule has 4 heteroatoms. The summed E-state index contributed by atoms with van der Waals surface area (Å²) in [6, 6.07) is 59.4. The van der Waals surface area contributed by atoms with Crippen LogP contribution in [0.15, 0.2) is 168 Å². The van der Waals surface area contributed by atoms with Gasteiger partial charge in [-0.2, -0.15) is 0 Å². The summed E-state index contributed by atoms with van der Waals surface area (Å²) in [7, 11) is 0. The fourth-order valence-electron chi connectivity index (χ4n) is 8.59. The SMILES string of the molecule is c1ccc(-n2c3ccccc3c3cc(-c4cccc5oc6ccc(-c7ccc8[nH]c9ccc%10c%11ccccc%11sc%10c9c8c7)cc6c45)ccc32)cc1. The lowest BCUT2D eigenvalue weighted by Crippen LogP contribution is -1.92. The standard InChI is InChI=1S/C48H28N2OS/c1-2-9-31(10-3-1)50-41-14-6-4-11-33(41)36-27-30(18-23-42(36)50)32-13-8-15-44-46(32)38-26-29(19-24-43(38)51-44)28-17-21-39-37(25-28)47-40(49-39)22-20-35-34-12-5-7-16-45(34)52-48(35)47/h1-27,49H. The van der Waals surface area contributed by atoms with Crippen molar-refractivity contribution in [2.24, 2.45) is 0 Å². The molecule has 0 aliphatic heterocycles. The molecule has 0 spiro atoms. The molecule has 0 amide bonds. The van der Waals surface area contributed by atoms with Gasteiger partial charge in [-0.15, -0.1) is 11.3 Å². The van der Waals surface area contributed by atoms with E-state index in [1.54, 1.807) is 0 Å². The van der Waals surface area contributed by atoms with Crippen LogP contribution in [0, 0.1) is 0 Å². The first-order valence-corrected chi connectivity index (χ1v) is 18.5. The minimum Gasteiger partial charge on any atom is -0.456 e. The van der Waals surface area contributed by atoms with E-state index in [0.717, 1.165) is 33.1 Å². The lowest BCUT2D eigenvalue weighted by Gasteiger charge is -2.09. The number of furan rings is 1. The van der Waals surface area contributed by atoms with E-state index in [1.165, 1.54) is 80.5 Å². The molecular formula is C48H28N2OS. The second-order valence-corrected chi connectivity index (χ2v) is 14.8. The second-order valence-electron chi connectivity index (χ2n) is 13.8. The van der Waals surface area contributed by atoms with E-state index >= 15 is 0 Å². The van der Waals surface area contributed by atoms with Gasteiger partial charge in [0.05, 0.1) is 11.0 Å². The lowest BCUT2D eigenvalue weighted by atomic mass is 9.96. The number of para-hydroxylation sites is 2. The Balaban J connectivity index is 1.05. The van der Waals surface area contributed by atoms with Crippen LogP contribution in [0.1, 0.15) is 0 Å². The van der Waals surface area contributed by atoms with Crippen LogP contribution >= 0.6 is 11.3 Å². The topological polar surface area (TPSA) is 33.9 Å². The molecular weight excluding hydrogens is 653 g/mol. The van der Waals surface area contributed by atoms with E-state index in [0.29, 0.717) is 0 Å². The van der Waals surface area contributed by atoms with Gasteiger partial charge in [-0.05, 0) is 95.1 Å². The smallest absolute Gasteiger partial charge is 0.136 e. The van der Waals surface area contributed by atoms with E-state index in [1.807, 2.05) is 11.3 Å². The fourth-order valence-corrected chi connectivity index (χ4v) is 9.85. The van der Waals surface area contributed by atoms with Gasteiger partial charge in [0.1, 0.15) is 11.2 Å². The van der Waals surface area contributed by atoms with Gasteiger partial charge < -0.3 is 14.0 Å². The molecule has 3 nitrogen and oxygen atoms in total. The summed E-state index contributed by atoms with van der Waals surface area (Å²) in [5.74, 6) is 0. The van der Waals surface area contributed by atoms with E-state index in [4.69, 9.17) is 4.42 Å². The second kappa shape index (κ2) is 10.5. The molecule has 0 fully saturated rings. The molecule has 0 aliphatic rings. The number of rotatable bonds is 3. The van der Waals surface area contributed by atoms with Crippen molar-refractivity contribution < 1.29 is 4.42 Å². The summed E-state index contributed by atoms with van der Waals surface area (Å²) in [5.41, 5.74) is 12.4. The Hall–Kier alpha value is -6.62. The van der Waals surface area contributed by atoms with Crippen molar-refractivity contribution >= 4 is 97.1 Å². The van der Waals surface area contributed by atoms with Crippen molar-refractivity contribution in [2.45, 2.75) is 0 Å². The van der Waals surface area contributed by atoms with Crippen molar-refractivity contribution in [3.63, 3.8) is 0 Å². The molecule has 52 heavy (non-hydrogen) atoms. The maximum Gasteiger partial charge on any atom is 0.136 e. The van der Waals surface area contributed by atoms with Gasteiger partial charge in [0, 0.05) is 69.2 Å². The first-order chi connectivity index (χ1) is 25.8. The van der Waals surface area contributed by atoms with Crippen LogP contribution in [0.4, 0.5) is 0 Å². The molecule has 8 aromatic carbocycles. The highest BCUT2D eigenvalue weighted by molar-refractivity contribution is 7.26. The predicted molar refractivity (Wildman–Crippen MR) is 221 cm³/mol. The molecule has 0 bridgehead atoms. The molecule has 12 aromatic rings. The summed E-state index contributed by atoms with van der Waals surface area (Å²) in [6.45, 7) is 0. The molecule has 0 saturated heterocycles. The third-order valence-corrected chi connectivity index (χ3v) is 12.1. The van der Waals surface area contributed by atoms with Gasteiger partial charge >= 0.3 is 0 Å². The molecule has 0 unspecified atom stereocenters. The van der Waals surface area contributed by atoms with Crippen molar-refractivity contribution in [3.05, 3.63) is 164 Å². The Bertz CT molecular complexity index is 3410. The van der Waals surface area contributed by atoms with E-state index in [-0.39, 0.29) is 0 Å². The minimum atomic E-state index is 0.896. The number of nitrogens with one attached hydrogen (secondary N) is 1. The van der Waals surface area contributed by atoms with Crippen LogP contribution in [0.3, 0.4) is 0 Å². The molecule has 12 rings (SSSR count). The van der Waals surface area contributed by atoms with Crippen molar-refractivity contribution in [2.75, 3.05) is 0 Å². The van der Waals surface area contributed by atoms with Crippen LogP contribution in [0.25, 0.3) is 114 Å². The van der Waals surface area contributed by atoms with Gasteiger partial charge in [-0.3, -0.25) is 0 Å². The van der Waals surface area contributed by atoms with Crippen LogP contribution in [-0.2, 0) is 0 Å². The Morgan fingerprint density at radius 1 is 0.442 bits per heavy atom. The van der Waals surface area contributed by atoms with E-state index in [2.05, 4.69) is 173 Å². The van der Waals surface area contributed by atoms with Crippen molar-refractivity contribution in [1.29, 1.82) is 0 Å². The van der Waals surface area contributed by atoms with Crippen molar-refractivity contribution in [3.8, 4) is 27.9 Å². The highest BCUT2D eigenvalue weighted by atomic mass is 32.1. The molecule has 0 atom stereocenters. The van der Waals surface area contributed by atoms with Gasteiger partial charge in [0.15, 0.2) is 0 Å². The first-order valence-electron chi connectivity index (χ1n) is 17.7. The average molecular weight is 681 g/mol. The number of thiophene rings is 1. The number of aromatic amines is 1. The third-order valence-electron chi connectivity index (χ3n) is 10.9. The summed E-state index contributed by atoms with van der Waals surface area (Å²) < 4.78 is 11.5. The van der Waals surface area contributed by atoms with Gasteiger partial charge in [0.25, 0.3) is 0 Å². The fraction of sp³-hybridized carbons (Fsp3) is 0. The summed E-state index contributed by atoms with van der Waals surface area (Å²) >= 11 is 1.88. The zero-order valence-corrected chi connectivity index (χ0v) is 28.7.